The average molecular weight is 392 g/mol. The van der Waals surface area contributed by atoms with Crippen LogP contribution in [0.3, 0.4) is 0 Å². The Balaban J connectivity index is 0.000000292. The van der Waals surface area contributed by atoms with Crippen LogP contribution >= 0.6 is 11.3 Å². The van der Waals surface area contributed by atoms with Gasteiger partial charge >= 0.3 is 0 Å². The molecule has 2 aromatic rings. The van der Waals surface area contributed by atoms with Crippen molar-refractivity contribution in [3.63, 3.8) is 0 Å². The summed E-state index contributed by atoms with van der Waals surface area (Å²) in [4.78, 5) is 5.45. The molecule has 0 amide bonds. The third-order valence-electron chi connectivity index (χ3n) is 4.42. The Morgan fingerprint density at radius 2 is 2.21 bits per heavy atom. The Hall–Kier alpha value is -2.56. The van der Waals surface area contributed by atoms with E-state index in [4.69, 9.17) is 5.41 Å². The molecule has 0 spiro atoms. The summed E-state index contributed by atoms with van der Waals surface area (Å²) in [5, 5.41) is 13.5. The predicted octanol–water partition coefficient (Wildman–Crippen LogP) is 5.89. The molecule has 4 heteroatoms. The second-order valence-electron chi connectivity index (χ2n) is 6.39. The summed E-state index contributed by atoms with van der Waals surface area (Å²) in [7, 11) is 1.96. The molecule has 0 saturated heterocycles. The number of nitrogens with zero attached hydrogens (tertiary/aromatic N) is 1. The average Bonchev–Trinajstić information content (AvgIpc) is 3.26. The summed E-state index contributed by atoms with van der Waals surface area (Å²) in [6, 6.07) is 10.2. The molecule has 0 radical (unpaired) electrons. The maximum atomic E-state index is 8.29. The maximum absolute atomic E-state index is 8.29. The van der Waals surface area contributed by atoms with Crippen molar-refractivity contribution in [1.82, 2.24) is 5.32 Å². The SMILES string of the molecule is C=Cc1cccc(C(=N)/C=C/C2C=CN=CC2)c1CC.CNCc1cccs1. The van der Waals surface area contributed by atoms with Gasteiger partial charge in [-0.3, -0.25) is 4.99 Å². The summed E-state index contributed by atoms with van der Waals surface area (Å²) < 4.78 is 0. The first-order valence-electron chi connectivity index (χ1n) is 9.56. The fourth-order valence-corrected chi connectivity index (χ4v) is 3.68. The highest BCUT2D eigenvalue weighted by atomic mass is 32.1. The van der Waals surface area contributed by atoms with E-state index in [1.807, 2.05) is 49.8 Å². The van der Waals surface area contributed by atoms with Crippen LogP contribution in [0.5, 0.6) is 0 Å². The minimum atomic E-state index is 0.348. The first-order valence-corrected chi connectivity index (χ1v) is 10.4. The number of thiophene rings is 1. The summed E-state index contributed by atoms with van der Waals surface area (Å²) in [6.07, 6.45) is 13.4. The lowest BCUT2D eigenvalue weighted by molar-refractivity contribution is 0.831. The fraction of sp³-hybridized carbons (Fsp3) is 0.250. The van der Waals surface area contributed by atoms with Crippen molar-refractivity contribution in [2.45, 2.75) is 26.3 Å². The first-order chi connectivity index (χ1) is 13.7. The van der Waals surface area contributed by atoms with Crippen LogP contribution in [0.1, 0.15) is 34.9 Å². The van der Waals surface area contributed by atoms with Crippen LogP contribution in [0.25, 0.3) is 6.08 Å². The normalized spacial score (nSPS) is 15.3. The minimum Gasteiger partial charge on any atom is -0.315 e. The van der Waals surface area contributed by atoms with Gasteiger partial charge in [0.15, 0.2) is 0 Å². The molecular formula is C24H29N3S. The van der Waals surface area contributed by atoms with Gasteiger partial charge in [0.2, 0.25) is 0 Å². The van der Waals surface area contributed by atoms with Gasteiger partial charge in [-0.1, -0.05) is 56.0 Å². The summed E-state index contributed by atoms with van der Waals surface area (Å²) in [5.74, 6) is 0.348. The molecule has 1 aromatic carbocycles. The molecule has 2 heterocycles. The molecule has 1 unspecified atom stereocenters. The highest BCUT2D eigenvalue weighted by Gasteiger charge is 2.08. The monoisotopic (exact) mass is 391 g/mol. The van der Waals surface area contributed by atoms with Crippen LogP contribution in [-0.4, -0.2) is 19.0 Å². The molecular weight excluding hydrogens is 362 g/mol. The Labute approximate surface area is 172 Å². The van der Waals surface area contributed by atoms with Crippen LogP contribution in [0.2, 0.25) is 0 Å². The van der Waals surface area contributed by atoms with E-state index < -0.39 is 0 Å². The zero-order valence-corrected chi connectivity index (χ0v) is 17.5. The number of aliphatic imine (C=N–C) groups is 1. The minimum absolute atomic E-state index is 0.348. The number of nitrogens with one attached hydrogen (secondary N) is 2. The quantitative estimate of drug-likeness (QED) is 0.568. The van der Waals surface area contributed by atoms with Crippen molar-refractivity contribution in [2.24, 2.45) is 10.9 Å². The molecule has 2 N–H and O–H groups in total. The Bertz CT molecular complexity index is 845. The lowest BCUT2D eigenvalue weighted by atomic mass is 9.94. The van der Waals surface area contributed by atoms with Gasteiger partial charge in [-0.2, -0.15) is 0 Å². The van der Waals surface area contributed by atoms with Gasteiger partial charge in [0, 0.05) is 35.3 Å². The highest BCUT2D eigenvalue weighted by molar-refractivity contribution is 7.09. The van der Waals surface area contributed by atoms with Crippen molar-refractivity contribution in [3.8, 4) is 0 Å². The van der Waals surface area contributed by atoms with E-state index in [0.717, 1.165) is 30.5 Å². The van der Waals surface area contributed by atoms with Crippen molar-refractivity contribution >= 4 is 29.3 Å². The summed E-state index contributed by atoms with van der Waals surface area (Å²) >= 11 is 1.78. The molecule has 1 aliphatic rings. The number of rotatable bonds is 7. The molecule has 28 heavy (non-hydrogen) atoms. The highest BCUT2D eigenvalue weighted by Crippen LogP contribution is 2.19. The molecule has 1 aromatic heterocycles. The lowest BCUT2D eigenvalue weighted by Crippen LogP contribution is -2.04. The largest absolute Gasteiger partial charge is 0.315 e. The molecule has 0 aliphatic carbocycles. The molecule has 0 bridgehead atoms. The number of allylic oxidation sites excluding steroid dienone is 3. The summed E-state index contributed by atoms with van der Waals surface area (Å²) in [6.45, 7) is 6.96. The number of benzene rings is 1. The predicted molar refractivity (Wildman–Crippen MR) is 125 cm³/mol. The molecule has 3 rings (SSSR count). The van der Waals surface area contributed by atoms with Crippen molar-refractivity contribution < 1.29 is 0 Å². The van der Waals surface area contributed by atoms with Gasteiger partial charge in [0.25, 0.3) is 0 Å². The molecule has 146 valence electrons. The molecule has 1 aliphatic heterocycles. The fourth-order valence-electron chi connectivity index (χ4n) is 2.96. The van der Waals surface area contributed by atoms with Crippen LogP contribution in [0.15, 0.2) is 71.7 Å². The zero-order valence-electron chi connectivity index (χ0n) is 16.7. The molecule has 0 saturated carbocycles. The first kappa shape index (κ1) is 21.7. The van der Waals surface area contributed by atoms with Gasteiger partial charge in [-0.05, 0) is 48.5 Å². The van der Waals surface area contributed by atoms with Gasteiger partial charge in [-0.15, -0.1) is 11.3 Å². The van der Waals surface area contributed by atoms with E-state index in [0.29, 0.717) is 11.6 Å². The van der Waals surface area contributed by atoms with E-state index in [-0.39, 0.29) is 0 Å². The maximum Gasteiger partial charge on any atom is 0.0612 e. The second-order valence-corrected chi connectivity index (χ2v) is 7.42. The lowest BCUT2D eigenvalue weighted by Gasteiger charge is -2.11. The van der Waals surface area contributed by atoms with E-state index >= 15 is 0 Å². The van der Waals surface area contributed by atoms with E-state index in [9.17, 15) is 0 Å². The topological polar surface area (TPSA) is 48.2 Å². The van der Waals surface area contributed by atoms with E-state index in [1.165, 1.54) is 10.4 Å². The Morgan fingerprint density at radius 1 is 1.36 bits per heavy atom. The van der Waals surface area contributed by atoms with Crippen molar-refractivity contribution in [2.75, 3.05) is 7.05 Å². The standard InChI is InChI=1S/C18H20N2.C6H9NS/c1-3-15-6-5-7-17(16(15)4-2)18(19)9-8-14-10-12-20-13-11-14;1-7-5-6-3-2-4-8-6/h3,5-10,12-14,19H,1,4,11H2,2H3;2-4,7H,5H2,1H3/b9-8+,19-18?;. The second kappa shape index (κ2) is 12.0. The Kier molecular flexibility index (Phi) is 9.32. The third kappa shape index (κ3) is 6.55. The summed E-state index contributed by atoms with van der Waals surface area (Å²) in [5.41, 5.74) is 3.86. The molecule has 1 atom stereocenters. The van der Waals surface area contributed by atoms with Crippen LogP contribution < -0.4 is 5.32 Å². The van der Waals surface area contributed by atoms with Crippen LogP contribution in [0.4, 0.5) is 0 Å². The third-order valence-corrected chi connectivity index (χ3v) is 5.30. The van der Waals surface area contributed by atoms with Gasteiger partial charge in [-0.25, -0.2) is 0 Å². The van der Waals surface area contributed by atoms with E-state index in [2.05, 4.69) is 53.5 Å². The van der Waals surface area contributed by atoms with Gasteiger partial charge in [0.1, 0.15) is 0 Å². The van der Waals surface area contributed by atoms with Gasteiger partial charge < -0.3 is 10.7 Å². The van der Waals surface area contributed by atoms with Gasteiger partial charge in [0.05, 0.1) is 5.71 Å². The molecule has 3 nitrogen and oxygen atoms in total. The number of hydrogen-bond donors (Lipinski definition) is 2. The van der Waals surface area contributed by atoms with Crippen molar-refractivity contribution in [3.05, 3.63) is 88.3 Å². The molecule has 0 fully saturated rings. The van der Waals surface area contributed by atoms with Crippen molar-refractivity contribution in [1.29, 1.82) is 5.41 Å². The zero-order chi connectivity index (χ0) is 20.2. The van der Waals surface area contributed by atoms with Crippen LogP contribution in [-0.2, 0) is 13.0 Å². The van der Waals surface area contributed by atoms with E-state index in [1.54, 1.807) is 11.3 Å². The van der Waals surface area contributed by atoms with Crippen LogP contribution in [0, 0.1) is 11.3 Å². The number of hydrogen-bond acceptors (Lipinski definition) is 4. The smallest absolute Gasteiger partial charge is 0.0612 e. The Morgan fingerprint density at radius 3 is 2.82 bits per heavy atom.